The smallest absolute Gasteiger partial charge is 0.224 e. The van der Waals surface area contributed by atoms with Crippen molar-refractivity contribution in [3.05, 3.63) is 41.0 Å². The van der Waals surface area contributed by atoms with E-state index in [4.69, 9.17) is 5.53 Å². The molecule has 4 N–H and O–H groups in total. The van der Waals surface area contributed by atoms with Gasteiger partial charge in [-0.15, -0.1) is 11.3 Å². The maximum absolute atomic E-state index is 13.4. The minimum Gasteiger partial charge on any atom is -0.394 e. The van der Waals surface area contributed by atoms with Gasteiger partial charge in [-0.2, -0.15) is 0 Å². The van der Waals surface area contributed by atoms with Crippen LogP contribution in [0.2, 0.25) is 0 Å². The highest BCUT2D eigenvalue weighted by Crippen LogP contribution is 2.66. The summed E-state index contributed by atoms with van der Waals surface area (Å²) in [5, 5.41) is 27.2. The van der Waals surface area contributed by atoms with Crippen molar-refractivity contribution < 1.29 is 19.8 Å². The molecule has 2 fully saturated rings. The van der Waals surface area contributed by atoms with Gasteiger partial charge in [0.05, 0.1) is 34.8 Å². The van der Waals surface area contributed by atoms with E-state index in [-0.39, 0.29) is 36.6 Å². The molecule has 0 radical (unpaired) electrons. The van der Waals surface area contributed by atoms with Crippen molar-refractivity contribution in [1.29, 1.82) is 5.53 Å². The summed E-state index contributed by atoms with van der Waals surface area (Å²) >= 11 is 1.56. The van der Waals surface area contributed by atoms with Gasteiger partial charge in [-0.3, -0.25) is 9.59 Å². The molecule has 1 aromatic heterocycles. The number of aliphatic hydroxyl groups is 2. The lowest BCUT2D eigenvalue weighted by Gasteiger charge is -2.24. The predicted molar refractivity (Wildman–Crippen MR) is 130 cm³/mol. The van der Waals surface area contributed by atoms with Crippen molar-refractivity contribution in [1.82, 2.24) is 15.2 Å². The van der Waals surface area contributed by atoms with E-state index >= 15 is 0 Å². The number of amides is 1. The number of ketones is 1. The summed E-state index contributed by atoms with van der Waals surface area (Å²) in [5.74, 6) is -1.40. The van der Waals surface area contributed by atoms with Gasteiger partial charge in [-0.05, 0) is 48.6 Å². The van der Waals surface area contributed by atoms with Crippen molar-refractivity contribution in [3.63, 3.8) is 0 Å². The van der Waals surface area contributed by atoms with Gasteiger partial charge in [0.2, 0.25) is 10.8 Å². The molecule has 0 aliphatic heterocycles. The summed E-state index contributed by atoms with van der Waals surface area (Å²) in [4.78, 5) is 34.9. The van der Waals surface area contributed by atoms with E-state index in [1.54, 1.807) is 16.8 Å². The van der Waals surface area contributed by atoms with Gasteiger partial charge >= 0.3 is 0 Å². The van der Waals surface area contributed by atoms with Crippen LogP contribution in [0.3, 0.4) is 0 Å². The van der Waals surface area contributed by atoms with E-state index in [1.165, 1.54) is 0 Å². The number of thiazole rings is 1. The molecular formula is C25H32N5O4S+. The van der Waals surface area contributed by atoms with Crippen LogP contribution < -0.4 is 10.2 Å². The highest BCUT2D eigenvalue weighted by atomic mass is 32.1. The normalized spacial score (nSPS) is 26.9. The number of hydrogen-bond donors (Lipinski definition) is 4. The Balaban J connectivity index is 1.48. The van der Waals surface area contributed by atoms with Crippen molar-refractivity contribution in [2.45, 2.75) is 58.2 Å². The first-order valence-corrected chi connectivity index (χ1v) is 12.8. The van der Waals surface area contributed by atoms with Crippen LogP contribution in [0.4, 0.5) is 0 Å². The number of aryl methyl sites for hydroxylation is 1. The van der Waals surface area contributed by atoms with Crippen molar-refractivity contribution in [2.24, 2.45) is 28.3 Å². The van der Waals surface area contributed by atoms with E-state index in [0.29, 0.717) is 12.8 Å². The van der Waals surface area contributed by atoms with Gasteiger partial charge in [-0.25, -0.2) is 4.98 Å². The summed E-state index contributed by atoms with van der Waals surface area (Å²) in [6.07, 6.45) is 0.527. The van der Waals surface area contributed by atoms with Gasteiger partial charge in [-0.1, -0.05) is 38.1 Å². The number of benzene rings is 1. The molecule has 9 nitrogen and oxygen atoms in total. The number of aromatic nitrogens is 1. The Morgan fingerprint density at radius 3 is 2.57 bits per heavy atom. The van der Waals surface area contributed by atoms with Crippen LogP contribution in [-0.4, -0.2) is 45.6 Å². The maximum atomic E-state index is 13.4. The molecule has 2 unspecified atom stereocenters. The molecular weight excluding hydrogens is 466 g/mol. The zero-order valence-corrected chi connectivity index (χ0v) is 21.0. The Labute approximate surface area is 208 Å². The minimum atomic E-state index is -0.718. The first-order chi connectivity index (χ1) is 16.7. The molecule has 2 aliphatic carbocycles. The van der Waals surface area contributed by atoms with E-state index < -0.39 is 29.5 Å². The van der Waals surface area contributed by atoms with Crippen LogP contribution in [0, 0.1) is 35.6 Å². The largest absolute Gasteiger partial charge is 0.394 e. The monoisotopic (exact) mass is 498 g/mol. The predicted octanol–water partition coefficient (Wildman–Crippen LogP) is 3.19. The van der Waals surface area contributed by atoms with Crippen LogP contribution in [0.15, 0.2) is 34.9 Å². The third-order valence-corrected chi connectivity index (χ3v) is 8.50. The number of nitrogens with zero attached hydrogens (tertiary/aromatic N) is 3. The molecule has 186 valence electrons. The molecule has 2 saturated carbocycles. The number of hydrogen-bond acceptors (Lipinski definition) is 8. The molecule has 1 aromatic carbocycles. The van der Waals surface area contributed by atoms with Gasteiger partial charge < -0.3 is 15.5 Å². The summed E-state index contributed by atoms with van der Waals surface area (Å²) in [6, 6.07) is 6.36. The molecule has 0 saturated heterocycles. The third-order valence-electron chi connectivity index (χ3n) is 7.52. The average Bonchev–Trinajstić information content (AvgIpc) is 3.20. The molecule has 35 heavy (non-hydrogen) atoms. The highest BCUT2D eigenvalue weighted by Gasteiger charge is 2.68. The molecule has 1 amide bonds. The van der Waals surface area contributed by atoms with Crippen LogP contribution in [-0.2, 0) is 9.59 Å². The first-order valence-electron chi connectivity index (χ1n) is 11.9. The molecule has 6 atom stereocenters. The molecule has 2 aliphatic rings. The maximum Gasteiger partial charge on any atom is 0.224 e. The van der Waals surface area contributed by atoms with Gasteiger partial charge in [0.25, 0.3) is 0 Å². The second kappa shape index (κ2) is 10.1. The third kappa shape index (κ3) is 4.84. The van der Waals surface area contributed by atoms with E-state index in [1.807, 2.05) is 45.0 Å². The number of rotatable bonds is 9. The zero-order chi connectivity index (χ0) is 25.3. The van der Waals surface area contributed by atoms with Crippen LogP contribution in [0.1, 0.15) is 50.4 Å². The molecule has 10 heteroatoms. The second-order valence-corrected chi connectivity index (χ2v) is 10.9. The number of carbonyl (C=O) groups excluding carboxylic acids is 2. The SMILES string of the molecule is Cc1ncsc1-c1ccc([C@H](CO)NC(=O)[C@@H]2C[C@@H](O)CC23CC3C(=O)[C@@H](N=[N+]=N)C(C)C)cc1. The van der Waals surface area contributed by atoms with E-state index in [9.17, 15) is 19.8 Å². The fourth-order valence-electron chi connectivity index (χ4n) is 5.59. The van der Waals surface area contributed by atoms with E-state index in [0.717, 1.165) is 21.7 Å². The Bertz CT molecular complexity index is 1140. The second-order valence-electron chi connectivity index (χ2n) is 10.1. The van der Waals surface area contributed by atoms with Crippen LogP contribution >= 0.6 is 11.3 Å². The molecule has 1 spiro atoms. The lowest BCUT2D eigenvalue weighted by molar-refractivity contribution is -0.128. The Hall–Kier alpha value is -2.78. The minimum absolute atomic E-state index is 0.108. The van der Waals surface area contributed by atoms with Gasteiger partial charge in [0.15, 0.2) is 11.8 Å². The number of Topliss-reactive ketones (excluding diaryl/α,β-unsaturated/α-hetero) is 1. The van der Waals surface area contributed by atoms with Crippen LogP contribution in [0.5, 0.6) is 0 Å². The number of nitrogens with one attached hydrogen (secondary N) is 2. The summed E-state index contributed by atoms with van der Waals surface area (Å²) in [7, 11) is 0. The fraction of sp³-hybridized carbons (Fsp3) is 0.560. The van der Waals surface area contributed by atoms with E-state index in [2.05, 4.69) is 20.3 Å². The van der Waals surface area contributed by atoms with Crippen LogP contribution in [0.25, 0.3) is 10.4 Å². The summed E-state index contributed by atoms with van der Waals surface area (Å²) in [6.45, 7) is 5.40. The summed E-state index contributed by atoms with van der Waals surface area (Å²) in [5.41, 5.74) is 11.0. The number of carbonyl (C=O) groups is 2. The quantitative estimate of drug-likeness (QED) is 0.309. The molecule has 1 heterocycles. The standard InChI is InChI=1S/C25H31N5O4S/c1-13(2)21(29-30-26)22(33)19-10-25(19)9-17(32)8-18(25)24(34)28-20(11-31)15-4-6-16(7-5-15)23-14(3)27-12-35-23/h4-7,12-13,17-21,26,31-32H,8-11H2,1-3H3/p+1/t17-,18+,19?,20+,21+,25?/m1/s1. The van der Waals surface area contributed by atoms with Crippen molar-refractivity contribution >= 4 is 23.0 Å². The first kappa shape index (κ1) is 25.3. The Morgan fingerprint density at radius 2 is 2.00 bits per heavy atom. The van der Waals surface area contributed by atoms with Gasteiger partial charge in [0, 0.05) is 11.8 Å². The van der Waals surface area contributed by atoms with Crippen molar-refractivity contribution in [2.75, 3.05) is 6.61 Å². The Kier molecular flexibility index (Phi) is 7.28. The zero-order valence-electron chi connectivity index (χ0n) is 20.1. The van der Waals surface area contributed by atoms with Crippen molar-refractivity contribution in [3.8, 4) is 10.4 Å². The molecule has 2 aromatic rings. The topological polar surface area (TPSA) is 150 Å². The lowest BCUT2D eigenvalue weighted by Crippen LogP contribution is -2.39. The van der Waals surface area contributed by atoms with Gasteiger partial charge in [0.1, 0.15) is 10.6 Å². The Morgan fingerprint density at radius 1 is 1.29 bits per heavy atom. The lowest BCUT2D eigenvalue weighted by atomic mass is 9.85. The fourth-order valence-corrected chi connectivity index (χ4v) is 6.41. The highest BCUT2D eigenvalue weighted by molar-refractivity contribution is 7.13. The molecule has 4 rings (SSSR count). The molecule has 0 bridgehead atoms. The average molecular weight is 499 g/mol. The number of aliphatic hydroxyl groups excluding tert-OH is 2. The summed E-state index contributed by atoms with van der Waals surface area (Å²) < 4.78 is 0.